The molecule has 0 radical (unpaired) electrons. The van der Waals surface area contributed by atoms with Crippen molar-refractivity contribution in [1.82, 2.24) is 10.2 Å². The number of nitrogens with one attached hydrogen (secondary N) is 2. The van der Waals surface area contributed by atoms with Crippen molar-refractivity contribution in [3.8, 4) is 0 Å². The molecule has 2 saturated carbocycles. The average molecular weight is 524 g/mol. The lowest BCUT2D eigenvalue weighted by Crippen LogP contribution is -2.58. The Hall–Kier alpha value is -2.32. The normalized spacial score (nSPS) is 33.5. The van der Waals surface area contributed by atoms with Gasteiger partial charge in [0.25, 0.3) is 0 Å². The van der Waals surface area contributed by atoms with Crippen LogP contribution in [0.25, 0.3) is 0 Å². The summed E-state index contributed by atoms with van der Waals surface area (Å²) in [6.45, 7) is 0. The molecule has 3 amide bonds. The number of benzene rings is 1. The second-order valence-corrected chi connectivity index (χ2v) is 12.2. The van der Waals surface area contributed by atoms with Gasteiger partial charge in [-0.25, -0.2) is 0 Å². The molecule has 5 aliphatic rings. The average Bonchev–Trinajstić information content (AvgIpc) is 3.57. The van der Waals surface area contributed by atoms with Crippen LogP contribution in [0, 0.1) is 11.8 Å². The van der Waals surface area contributed by atoms with Gasteiger partial charge in [-0.2, -0.15) is 0 Å². The molecule has 4 fully saturated rings. The minimum atomic E-state index is -1.08. The lowest BCUT2D eigenvalue weighted by Gasteiger charge is -2.39. The Morgan fingerprint density at radius 3 is 2.49 bits per heavy atom. The Bertz CT molecular complexity index is 1100. The molecule has 37 heavy (non-hydrogen) atoms. The van der Waals surface area contributed by atoms with E-state index in [-0.39, 0.29) is 29.8 Å². The molecule has 6 rings (SSSR count). The fourth-order valence-electron chi connectivity index (χ4n) is 7.41. The van der Waals surface area contributed by atoms with Crippen LogP contribution in [0.4, 0.5) is 5.69 Å². The van der Waals surface area contributed by atoms with Gasteiger partial charge in [-0.15, -0.1) is 11.8 Å². The smallest absolute Gasteiger partial charge is 0.246 e. The largest absolute Gasteiger partial charge is 0.359 e. The third-order valence-electron chi connectivity index (χ3n) is 9.12. The Labute approximate surface area is 223 Å². The summed E-state index contributed by atoms with van der Waals surface area (Å²) in [5.74, 6) is -1.78. The Morgan fingerprint density at radius 2 is 1.76 bits per heavy atom. The Balaban J connectivity index is 1.31. The van der Waals surface area contributed by atoms with Gasteiger partial charge in [-0.1, -0.05) is 56.7 Å². The third kappa shape index (κ3) is 4.30. The number of amides is 3. The first-order valence-corrected chi connectivity index (χ1v) is 15.2. The molecule has 2 bridgehead atoms. The number of fused-ring (bicyclic) bond motifs is 1. The molecule has 1 aromatic carbocycles. The molecule has 7 nitrogen and oxygen atoms in total. The lowest BCUT2D eigenvalue weighted by molar-refractivity contribution is -0.144. The zero-order chi connectivity index (χ0) is 25.6. The number of hydrogen-bond acceptors (Lipinski definition) is 5. The number of rotatable bonds is 6. The molecule has 8 heteroatoms. The number of carbonyl (C=O) groups is 3. The lowest BCUT2D eigenvalue weighted by atomic mass is 9.74. The van der Waals surface area contributed by atoms with Crippen LogP contribution in [0.1, 0.15) is 64.2 Å². The number of nitrogens with zero attached hydrogens (tertiary/aromatic N) is 1. The van der Waals surface area contributed by atoms with E-state index in [2.05, 4.69) is 10.6 Å². The van der Waals surface area contributed by atoms with E-state index in [4.69, 9.17) is 4.74 Å². The van der Waals surface area contributed by atoms with Gasteiger partial charge in [0.1, 0.15) is 11.6 Å². The van der Waals surface area contributed by atoms with Crippen molar-refractivity contribution in [2.24, 2.45) is 11.8 Å². The maximum atomic E-state index is 14.2. The van der Waals surface area contributed by atoms with Crippen LogP contribution < -0.4 is 10.6 Å². The van der Waals surface area contributed by atoms with E-state index in [0.29, 0.717) is 5.69 Å². The van der Waals surface area contributed by atoms with Gasteiger partial charge >= 0.3 is 0 Å². The SMILES string of the molecule is CSc1cccc(NC(=O)[C@@H]2[C@H]3C=C[C@]4(O3)[C@H](C(=O)NC3CCCCC3)N(C3CCCCC3)C(=O)[C@@H]24)c1. The van der Waals surface area contributed by atoms with Gasteiger partial charge in [0.15, 0.2) is 0 Å². The van der Waals surface area contributed by atoms with E-state index in [1.165, 1.54) is 6.42 Å². The van der Waals surface area contributed by atoms with E-state index >= 15 is 0 Å². The van der Waals surface area contributed by atoms with Crippen molar-refractivity contribution >= 4 is 35.2 Å². The molecule has 2 saturated heterocycles. The first-order valence-electron chi connectivity index (χ1n) is 14.0. The number of anilines is 1. The van der Waals surface area contributed by atoms with Crippen molar-refractivity contribution < 1.29 is 19.1 Å². The van der Waals surface area contributed by atoms with Crippen LogP contribution in [0.2, 0.25) is 0 Å². The number of likely N-dealkylation sites (tertiary alicyclic amines) is 1. The summed E-state index contributed by atoms with van der Waals surface area (Å²) < 4.78 is 6.52. The molecular formula is C29H37N3O4S. The van der Waals surface area contributed by atoms with Gasteiger partial charge in [0.2, 0.25) is 17.7 Å². The predicted octanol–water partition coefficient (Wildman–Crippen LogP) is 4.28. The summed E-state index contributed by atoms with van der Waals surface area (Å²) in [6, 6.07) is 7.14. The maximum absolute atomic E-state index is 14.2. The van der Waals surface area contributed by atoms with E-state index in [1.807, 2.05) is 47.6 Å². The molecule has 2 aliphatic carbocycles. The zero-order valence-corrected chi connectivity index (χ0v) is 22.3. The molecule has 2 N–H and O–H groups in total. The Morgan fingerprint density at radius 1 is 1.03 bits per heavy atom. The van der Waals surface area contributed by atoms with Gasteiger partial charge in [0.05, 0.1) is 17.9 Å². The van der Waals surface area contributed by atoms with E-state index in [1.54, 1.807) is 11.8 Å². The second kappa shape index (κ2) is 10.1. The van der Waals surface area contributed by atoms with E-state index < -0.39 is 29.6 Å². The molecule has 3 aliphatic heterocycles. The summed E-state index contributed by atoms with van der Waals surface area (Å²) in [5.41, 5.74) is -0.375. The fraction of sp³-hybridized carbons (Fsp3) is 0.621. The number of hydrogen-bond donors (Lipinski definition) is 2. The third-order valence-corrected chi connectivity index (χ3v) is 9.85. The topological polar surface area (TPSA) is 87.7 Å². The number of thioether (sulfide) groups is 1. The highest BCUT2D eigenvalue weighted by atomic mass is 32.2. The summed E-state index contributed by atoms with van der Waals surface area (Å²) >= 11 is 1.61. The summed E-state index contributed by atoms with van der Waals surface area (Å²) in [4.78, 5) is 44.7. The minimum absolute atomic E-state index is 0.0151. The van der Waals surface area contributed by atoms with Crippen molar-refractivity contribution in [3.63, 3.8) is 0 Å². The van der Waals surface area contributed by atoms with Crippen molar-refractivity contribution in [2.75, 3.05) is 11.6 Å². The quantitative estimate of drug-likeness (QED) is 0.429. The predicted molar refractivity (Wildman–Crippen MR) is 143 cm³/mol. The van der Waals surface area contributed by atoms with E-state index in [9.17, 15) is 14.4 Å². The summed E-state index contributed by atoms with van der Waals surface area (Å²) in [7, 11) is 0. The van der Waals surface area contributed by atoms with Crippen LogP contribution in [-0.2, 0) is 19.1 Å². The Kier molecular flexibility index (Phi) is 6.82. The highest BCUT2D eigenvalue weighted by Crippen LogP contribution is 2.56. The molecule has 3 heterocycles. The van der Waals surface area contributed by atoms with Crippen molar-refractivity contribution in [2.45, 2.75) is 98.9 Å². The van der Waals surface area contributed by atoms with Gasteiger partial charge in [-0.3, -0.25) is 14.4 Å². The van der Waals surface area contributed by atoms with Crippen LogP contribution in [0.5, 0.6) is 0 Å². The van der Waals surface area contributed by atoms with Crippen LogP contribution in [0.15, 0.2) is 41.3 Å². The molecule has 5 atom stereocenters. The molecule has 0 aromatic heterocycles. The van der Waals surface area contributed by atoms with Crippen LogP contribution >= 0.6 is 11.8 Å². The van der Waals surface area contributed by atoms with Crippen molar-refractivity contribution in [1.29, 1.82) is 0 Å². The van der Waals surface area contributed by atoms with Crippen molar-refractivity contribution in [3.05, 3.63) is 36.4 Å². The highest BCUT2D eigenvalue weighted by Gasteiger charge is 2.73. The van der Waals surface area contributed by atoms with Gasteiger partial charge in [0, 0.05) is 22.7 Å². The fourth-order valence-corrected chi connectivity index (χ4v) is 7.87. The molecular weight excluding hydrogens is 486 g/mol. The molecule has 1 spiro atoms. The molecule has 1 aromatic rings. The zero-order valence-electron chi connectivity index (χ0n) is 21.5. The highest BCUT2D eigenvalue weighted by molar-refractivity contribution is 7.98. The first kappa shape index (κ1) is 25.0. The van der Waals surface area contributed by atoms with Crippen LogP contribution in [-0.4, -0.2) is 58.7 Å². The first-order chi connectivity index (χ1) is 18.0. The summed E-state index contributed by atoms with van der Waals surface area (Å²) in [6.07, 6.45) is 15.8. The van der Waals surface area contributed by atoms with Gasteiger partial charge < -0.3 is 20.3 Å². The minimum Gasteiger partial charge on any atom is -0.359 e. The second-order valence-electron chi connectivity index (χ2n) is 11.3. The number of ether oxygens (including phenoxy) is 1. The summed E-state index contributed by atoms with van der Waals surface area (Å²) in [5, 5.41) is 6.33. The monoisotopic (exact) mass is 523 g/mol. The standard InChI is InChI=1S/C29H37N3O4S/c1-37-21-14-8-11-19(17-21)31-26(33)23-22-15-16-29(36-22)24(23)28(35)32(20-12-6-3-7-13-20)25(29)27(34)30-18-9-4-2-5-10-18/h8,11,14-18,20,22-25H,2-7,9-10,12-13H2,1H3,(H,30,34)(H,31,33)/t22-,23-,24-,25+,29-/m1/s1. The maximum Gasteiger partial charge on any atom is 0.246 e. The molecule has 0 unspecified atom stereocenters. The van der Waals surface area contributed by atoms with Crippen LogP contribution in [0.3, 0.4) is 0 Å². The van der Waals surface area contributed by atoms with Gasteiger partial charge in [-0.05, 0) is 50.1 Å². The van der Waals surface area contributed by atoms with E-state index in [0.717, 1.165) is 62.7 Å². The number of carbonyl (C=O) groups excluding carboxylic acids is 3. The molecule has 198 valence electrons.